The number of carbonyl (C=O) groups excluding carboxylic acids is 1. The average molecular weight is 227 g/mol. The molecule has 6 heteroatoms. The lowest BCUT2D eigenvalue weighted by Gasteiger charge is -2.16. The number of anilines is 1. The van der Waals surface area contributed by atoms with E-state index >= 15 is 0 Å². The molecule has 1 aromatic heterocycles. The van der Waals surface area contributed by atoms with Gasteiger partial charge >= 0.3 is 0 Å². The highest BCUT2D eigenvalue weighted by atomic mass is 32.1. The smallest absolute Gasteiger partial charge is 0.239 e. The zero-order chi connectivity index (χ0) is 10.7. The highest BCUT2D eigenvalue weighted by Crippen LogP contribution is 2.22. The molecule has 15 heavy (non-hydrogen) atoms. The highest BCUT2D eigenvalue weighted by Gasteiger charge is 2.17. The molecular weight excluding hydrogens is 214 g/mol. The number of amides is 1. The van der Waals surface area contributed by atoms with Gasteiger partial charge in [-0.2, -0.15) is 0 Å². The van der Waals surface area contributed by atoms with Crippen molar-refractivity contribution in [1.82, 2.24) is 10.3 Å². The number of nitrogens with one attached hydrogen (secondary N) is 1. The van der Waals surface area contributed by atoms with E-state index in [0.717, 1.165) is 29.5 Å². The summed E-state index contributed by atoms with van der Waals surface area (Å²) in [6.07, 6.45) is 2.59. The summed E-state index contributed by atoms with van der Waals surface area (Å²) in [4.78, 5) is 18.3. The van der Waals surface area contributed by atoms with Gasteiger partial charge in [-0.3, -0.25) is 4.79 Å². The van der Waals surface area contributed by atoms with Crippen molar-refractivity contribution in [2.45, 2.75) is 13.0 Å². The van der Waals surface area contributed by atoms with Crippen LogP contribution in [0.5, 0.6) is 0 Å². The number of aliphatic hydroxyl groups excluding tert-OH is 1. The summed E-state index contributed by atoms with van der Waals surface area (Å²) in [5.41, 5.74) is 0. The minimum Gasteiger partial charge on any atom is -0.391 e. The minimum atomic E-state index is 0.0116. The quantitative estimate of drug-likeness (QED) is 0.744. The lowest BCUT2D eigenvalue weighted by atomic mass is 10.4. The van der Waals surface area contributed by atoms with Gasteiger partial charge in [-0.25, -0.2) is 4.98 Å². The third kappa shape index (κ3) is 2.45. The van der Waals surface area contributed by atoms with E-state index in [1.807, 2.05) is 4.90 Å². The van der Waals surface area contributed by atoms with Crippen LogP contribution in [0.1, 0.15) is 11.3 Å². The number of nitrogens with zero attached hydrogens (tertiary/aromatic N) is 2. The maximum absolute atomic E-state index is 11.3. The molecule has 5 nitrogen and oxygen atoms in total. The molecule has 1 aliphatic heterocycles. The molecule has 0 atom stereocenters. The first kappa shape index (κ1) is 10.4. The minimum absolute atomic E-state index is 0.0116. The summed E-state index contributed by atoms with van der Waals surface area (Å²) in [6, 6.07) is 0. The van der Waals surface area contributed by atoms with Crippen LogP contribution in [0.4, 0.5) is 5.13 Å². The molecule has 0 radical (unpaired) electrons. The van der Waals surface area contributed by atoms with Gasteiger partial charge in [-0.15, -0.1) is 0 Å². The molecule has 0 spiro atoms. The molecule has 0 unspecified atom stereocenters. The lowest BCUT2D eigenvalue weighted by Crippen LogP contribution is -2.32. The van der Waals surface area contributed by atoms with Gasteiger partial charge in [0.1, 0.15) is 0 Å². The number of carbonyl (C=O) groups is 1. The Morgan fingerprint density at radius 3 is 3.27 bits per heavy atom. The van der Waals surface area contributed by atoms with Crippen molar-refractivity contribution in [2.75, 3.05) is 24.5 Å². The molecule has 0 saturated carbocycles. The summed E-state index contributed by atoms with van der Waals surface area (Å²) in [5, 5.41) is 12.6. The Bertz CT molecular complexity index is 353. The van der Waals surface area contributed by atoms with Gasteiger partial charge in [0.25, 0.3) is 0 Å². The molecule has 1 aromatic rings. The standard InChI is InChI=1S/C9H13N3O2S/c13-6-7-4-11-9(15-7)12-3-1-2-10-8(14)5-12/h4,13H,1-3,5-6H2,(H,10,14). The first-order chi connectivity index (χ1) is 7.29. The second-order valence-corrected chi connectivity index (χ2v) is 4.49. The van der Waals surface area contributed by atoms with Crippen LogP contribution in [0.2, 0.25) is 0 Å². The average Bonchev–Trinajstić information content (AvgIpc) is 2.61. The fourth-order valence-electron chi connectivity index (χ4n) is 1.49. The molecule has 0 aromatic carbocycles. The van der Waals surface area contributed by atoms with Gasteiger partial charge in [0.15, 0.2) is 5.13 Å². The first-order valence-electron chi connectivity index (χ1n) is 4.87. The molecule has 1 saturated heterocycles. The Balaban J connectivity index is 2.10. The summed E-state index contributed by atoms with van der Waals surface area (Å²) < 4.78 is 0. The third-order valence-electron chi connectivity index (χ3n) is 2.23. The fourth-order valence-corrected chi connectivity index (χ4v) is 2.28. The van der Waals surface area contributed by atoms with Crippen LogP contribution in [0.3, 0.4) is 0 Å². The van der Waals surface area contributed by atoms with E-state index in [1.165, 1.54) is 11.3 Å². The Morgan fingerprint density at radius 2 is 2.53 bits per heavy atom. The molecule has 2 heterocycles. The van der Waals surface area contributed by atoms with Crippen molar-refractivity contribution < 1.29 is 9.90 Å². The van der Waals surface area contributed by atoms with Crippen LogP contribution < -0.4 is 10.2 Å². The Labute approximate surface area is 91.7 Å². The van der Waals surface area contributed by atoms with E-state index in [9.17, 15) is 4.79 Å². The summed E-state index contributed by atoms with van der Waals surface area (Å²) >= 11 is 1.44. The summed E-state index contributed by atoms with van der Waals surface area (Å²) in [7, 11) is 0. The SMILES string of the molecule is O=C1CN(c2ncc(CO)s2)CCCN1. The number of rotatable bonds is 2. The molecule has 1 amide bonds. The first-order valence-corrected chi connectivity index (χ1v) is 5.68. The van der Waals surface area contributed by atoms with E-state index in [4.69, 9.17) is 5.11 Å². The second kappa shape index (κ2) is 4.59. The van der Waals surface area contributed by atoms with Gasteiger partial charge in [0, 0.05) is 19.3 Å². The Morgan fingerprint density at radius 1 is 1.67 bits per heavy atom. The van der Waals surface area contributed by atoms with Crippen LogP contribution >= 0.6 is 11.3 Å². The topological polar surface area (TPSA) is 65.5 Å². The molecule has 2 rings (SSSR count). The molecule has 2 N–H and O–H groups in total. The monoisotopic (exact) mass is 227 g/mol. The van der Waals surface area contributed by atoms with Gasteiger partial charge in [-0.1, -0.05) is 11.3 Å². The maximum atomic E-state index is 11.3. The molecule has 1 aliphatic rings. The van der Waals surface area contributed by atoms with Gasteiger partial charge < -0.3 is 15.3 Å². The normalized spacial score (nSPS) is 17.4. The number of thiazole rings is 1. The van der Waals surface area contributed by atoms with Gasteiger partial charge in [0.05, 0.1) is 18.0 Å². The number of hydrogen-bond donors (Lipinski definition) is 2. The van der Waals surface area contributed by atoms with Crippen molar-refractivity contribution in [3.05, 3.63) is 11.1 Å². The molecule has 1 fully saturated rings. The van der Waals surface area contributed by atoms with Crippen LogP contribution in [0.15, 0.2) is 6.20 Å². The second-order valence-electron chi connectivity index (χ2n) is 3.39. The number of hydrogen-bond acceptors (Lipinski definition) is 5. The van der Waals surface area contributed by atoms with Crippen molar-refractivity contribution in [3.63, 3.8) is 0 Å². The Kier molecular flexibility index (Phi) is 3.17. The fraction of sp³-hybridized carbons (Fsp3) is 0.556. The van der Waals surface area contributed by atoms with Crippen molar-refractivity contribution >= 4 is 22.4 Å². The Hall–Kier alpha value is -1.14. The predicted molar refractivity (Wildman–Crippen MR) is 57.9 cm³/mol. The van der Waals surface area contributed by atoms with E-state index in [-0.39, 0.29) is 12.5 Å². The van der Waals surface area contributed by atoms with Crippen LogP contribution in [-0.2, 0) is 11.4 Å². The molecule has 82 valence electrons. The van der Waals surface area contributed by atoms with Crippen LogP contribution in [0.25, 0.3) is 0 Å². The predicted octanol–water partition coefficient (Wildman–Crippen LogP) is -0.0383. The van der Waals surface area contributed by atoms with E-state index in [0.29, 0.717) is 6.54 Å². The van der Waals surface area contributed by atoms with E-state index < -0.39 is 0 Å². The maximum Gasteiger partial charge on any atom is 0.239 e. The zero-order valence-corrected chi connectivity index (χ0v) is 9.09. The number of aliphatic hydroxyl groups is 1. The van der Waals surface area contributed by atoms with Crippen molar-refractivity contribution in [1.29, 1.82) is 0 Å². The molecular formula is C9H13N3O2S. The summed E-state index contributed by atoms with van der Waals surface area (Å²) in [5.74, 6) is 0.0354. The molecule has 0 bridgehead atoms. The van der Waals surface area contributed by atoms with E-state index in [1.54, 1.807) is 6.20 Å². The van der Waals surface area contributed by atoms with E-state index in [2.05, 4.69) is 10.3 Å². The number of aromatic nitrogens is 1. The van der Waals surface area contributed by atoms with Crippen molar-refractivity contribution in [3.8, 4) is 0 Å². The third-order valence-corrected chi connectivity index (χ3v) is 3.27. The zero-order valence-electron chi connectivity index (χ0n) is 8.27. The lowest BCUT2D eigenvalue weighted by molar-refractivity contribution is -0.119. The molecule has 0 aliphatic carbocycles. The van der Waals surface area contributed by atoms with Crippen molar-refractivity contribution in [2.24, 2.45) is 0 Å². The summed E-state index contributed by atoms with van der Waals surface area (Å²) in [6.45, 7) is 1.93. The van der Waals surface area contributed by atoms with Gasteiger partial charge in [-0.05, 0) is 6.42 Å². The largest absolute Gasteiger partial charge is 0.391 e. The van der Waals surface area contributed by atoms with Gasteiger partial charge in [0.2, 0.25) is 5.91 Å². The van der Waals surface area contributed by atoms with Crippen LogP contribution in [-0.4, -0.2) is 35.6 Å². The highest BCUT2D eigenvalue weighted by molar-refractivity contribution is 7.15. The van der Waals surface area contributed by atoms with Crippen LogP contribution in [0, 0.1) is 0 Å².